The Morgan fingerprint density at radius 3 is 2.44 bits per heavy atom. The van der Waals surface area contributed by atoms with Crippen molar-refractivity contribution in [3.8, 4) is 34.4 Å². The van der Waals surface area contributed by atoms with E-state index in [1.165, 1.54) is 0 Å². The summed E-state index contributed by atoms with van der Waals surface area (Å²) in [4.78, 5) is 13.9. The summed E-state index contributed by atoms with van der Waals surface area (Å²) >= 11 is 2.92. The maximum Gasteiger partial charge on any atom is 0.338 e. The normalized spacial score (nSPS) is 7.67. The Morgan fingerprint density at radius 2 is 1.83 bits per heavy atom. The van der Waals surface area contributed by atoms with Gasteiger partial charge in [-0.25, -0.2) is 4.79 Å². The van der Waals surface area contributed by atoms with E-state index in [1.807, 2.05) is 0 Å². The Labute approximate surface area is 115 Å². The third-order valence-electron chi connectivity index (χ3n) is 1.84. The van der Waals surface area contributed by atoms with Gasteiger partial charge in [0.15, 0.2) is 0 Å². The van der Waals surface area contributed by atoms with Gasteiger partial charge in [-0.2, -0.15) is 0 Å². The molecule has 0 saturated heterocycles. The van der Waals surface area contributed by atoms with Crippen LogP contribution >= 0.6 is 15.9 Å². The largest absolute Gasteiger partial charge is 0.462 e. The summed E-state index contributed by atoms with van der Waals surface area (Å²) in [5.74, 6) is 12.8. The molecule has 2 nitrogen and oxygen atoms in total. The minimum absolute atomic E-state index is 0.329. The molecule has 0 atom stereocenters. The molecule has 1 aromatic rings. The van der Waals surface area contributed by atoms with Crippen LogP contribution in [0.2, 0.25) is 0 Å². The van der Waals surface area contributed by atoms with Crippen LogP contribution in [-0.2, 0) is 4.74 Å². The van der Waals surface area contributed by atoms with E-state index in [4.69, 9.17) is 4.74 Å². The van der Waals surface area contributed by atoms with Gasteiger partial charge in [-0.15, -0.1) is 0 Å². The molecule has 0 N–H and O–H groups in total. The molecule has 1 aromatic carbocycles. The molecule has 0 unspecified atom stereocenters. The van der Waals surface area contributed by atoms with Crippen LogP contribution in [-0.4, -0.2) is 12.6 Å². The molecule has 0 spiro atoms. The lowest BCUT2D eigenvalue weighted by molar-refractivity contribution is 0.0526. The Morgan fingerprint density at radius 1 is 1.17 bits per heavy atom. The lowest BCUT2D eigenvalue weighted by atomic mass is 10.1. The number of carbonyl (C=O) groups is 1. The van der Waals surface area contributed by atoms with Crippen molar-refractivity contribution in [2.24, 2.45) is 0 Å². The third kappa shape index (κ3) is 4.79. The summed E-state index contributed by atoms with van der Waals surface area (Å²) in [5, 5.41) is 0. The molecular weight excluding hydrogens is 292 g/mol. The third-order valence-corrected chi connectivity index (χ3v) is 2.04. The Bertz CT molecular complexity index is 596. The van der Waals surface area contributed by atoms with E-state index in [0.717, 1.165) is 5.56 Å². The highest BCUT2D eigenvalue weighted by atomic mass is 79.9. The summed E-state index contributed by atoms with van der Waals surface area (Å²) in [6, 6.07) is 6.84. The Kier molecular flexibility index (Phi) is 6.20. The zero-order valence-electron chi connectivity index (χ0n) is 9.71. The number of hydrogen-bond acceptors (Lipinski definition) is 2. The SMILES string of the molecule is CCOC(=O)c1ccc(C#CC#CC#CBr)cc1. The van der Waals surface area contributed by atoms with E-state index < -0.39 is 0 Å². The molecular formula is C15H9BrO2. The molecule has 0 amide bonds. The number of hydrogen-bond donors (Lipinski definition) is 0. The fourth-order valence-corrected chi connectivity index (χ4v) is 1.19. The summed E-state index contributed by atoms with van der Waals surface area (Å²) < 4.78 is 4.88. The first kappa shape index (κ1) is 13.9. The minimum atomic E-state index is -0.329. The number of ether oxygens (including phenoxy) is 1. The van der Waals surface area contributed by atoms with Gasteiger partial charge in [-0.05, 0) is 59.7 Å². The van der Waals surface area contributed by atoms with E-state index in [0.29, 0.717) is 12.2 Å². The molecule has 0 aromatic heterocycles. The van der Waals surface area contributed by atoms with Crippen LogP contribution in [0, 0.1) is 34.4 Å². The molecule has 88 valence electrons. The van der Waals surface area contributed by atoms with Gasteiger partial charge < -0.3 is 4.74 Å². The van der Waals surface area contributed by atoms with Crippen LogP contribution in [0.5, 0.6) is 0 Å². The summed E-state index contributed by atoms with van der Waals surface area (Å²) in [6.07, 6.45) is 0. The van der Waals surface area contributed by atoms with Gasteiger partial charge in [0.1, 0.15) is 0 Å². The molecule has 0 fully saturated rings. The summed E-state index contributed by atoms with van der Waals surface area (Å²) in [7, 11) is 0. The zero-order valence-corrected chi connectivity index (χ0v) is 11.3. The van der Waals surface area contributed by atoms with Gasteiger partial charge in [0.05, 0.1) is 12.2 Å². The van der Waals surface area contributed by atoms with Gasteiger partial charge in [0.2, 0.25) is 0 Å². The van der Waals surface area contributed by atoms with Crippen LogP contribution in [0.1, 0.15) is 22.8 Å². The van der Waals surface area contributed by atoms with E-state index in [2.05, 4.69) is 50.4 Å². The van der Waals surface area contributed by atoms with Gasteiger partial charge in [0.25, 0.3) is 0 Å². The molecule has 3 heteroatoms. The molecule has 0 saturated carbocycles. The zero-order chi connectivity index (χ0) is 13.2. The quantitative estimate of drug-likeness (QED) is 0.620. The average molecular weight is 301 g/mol. The van der Waals surface area contributed by atoms with Gasteiger partial charge in [0, 0.05) is 21.5 Å². The first-order valence-corrected chi connectivity index (χ1v) is 5.96. The van der Waals surface area contributed by atoms with E-state index in [9.17, 15) is 4.79 Å². The van der Waals surface area contributed by atoms with Crippen molar-refractivity contribution in [2.45, 2.75) is 6.92 Å². The van der Waals surface area contributed by atoms with E-state index >= 15 is 0 Å². The van der Waals surface area contributed by atoms with Crippen molar-refractivity contribution in [3.05, 3.63) is 35.4 Å². The highest BCUT2D eigenvalue weighted by Gasteiger charge is 2.04. The van der Waals surface area contributed by atoms with E-state index in [-0.39, 0.29) is 5.97 Å². The standard InChI is InChI=1S/C15H9BrO2/c1-2-18-15(17)14-10-8-13(9-11-14)7-5-3-4-6-12-16/h8-11H,2H2,1H3. The first-order chi connectivity index (χ1) is 8.77. The summed E-state index contributed by atoms with van der Waals surface area (Å²) in [5.41, 5.74) is 1.29. The minimum Gasteiger partial charge on any atom is -0.462 e. The van der Waals surface area contributed by atoms with Crippen LogP contribution < -0.4 is 0 Å². The van der Waals surface area contributed by atoms with Crippen molar-refractivity contribution >= 4 is 21.9 Å². The van der Waals surface area contributed by atoms with Crippen molar-refractivity contribution in [1.82, 2.24) is 0 Å². The van der Waals surface area contributed by atoms with Crippen molar-refractivity contribution < 1.29 is 9.53 Å². The first-order valence-electron chi connectivity index (χ1n) is 5.16. The smallest absolute Gasteiger partial charge is 0.338 e. The molecule has 0 aliphatic heterocycles. The fourth-order valence-electron chi connectivity index (χ4n) is 1.09. The van der Waals surface area contributed by atoms with Crippen LogP contribution in [0.25, 0.3) is 0 Å². The number of rotatable bonds is 2. The number of carbonyl (C=O) groups excluding carboxylic acids is 1. The van der Waals surface area contributed by atoms with Gasteiger partial charge >= 0.3 is 5.97 Å². The highest BCUT2D eigenvalue weighted by Crippen LogP contribution is 2.04. The monoisotopic (exact) mass is 300 g/mol. The number of halogens is 1. The van der Waals surface area contributed by atoms with Crippen LogP contribution in [0.3, 0.4) is 0 Å². The van der Waals surface area contributed by atoms with Gasteiger partial charge in [-0.1, -0.05) is 5.92 Å². The second-order valence-electron chi connectivity index (χ2n) is 3.02. The molecule has 1 rings (SSSR count). The van der Waals surface area contributed by atoms with Crippen molar-refractivity contribution in [2.75, 3.05) is 6.61 Å². The molecule has 0 bridgehead atoms. The lowest BCUT2D eigenvalue weighted by Gasteiger charge is -2.00. The predicted octanol–water partition coefficient (Wildman–Crippen LogP) is 2.57. The number of esters is 1. The predicted molar refractivity (Wildman–Crippen MR) is 73.8 cm³/mol. The second kappa shape index (κ2) is 8.02. The van der Waals surface area contributed by atoms with Crippen molar-refractivity contribution in [3.63, 3.8) is 0 Å². The molecule has 0 radical (unpaired) electrons. The Hall–Kier alpha value is -2.15. The lowest BCUT2D eigenvalue weighted by Crippen LogP contribution is -2.04. The summed E-state index contributed by atoms with van der Waals surface area (Å²) in [6.45, 7) is 2.14. The molecule has 18 heavy (non-hydrogen) atoms. The molecule has 0 aliphatic rings. The van der Waals surface area contributed by atoms with E-state index in [1.54, 1.807) is 31.2 Å². The molecule has 0 heterocycles. The maximum atomic E-state index is 11.4. The van der Waals surface area contributed by atoms with Crippen LogP contribution in [0.4, 0.5) is 0 Å². The maximum absolute atomic E-state index is 11.4. The fraction of sp³-hybridized carbons (Fsp3) is 0.133. The van der Waals surface area contributed by atoms with Gasteiger partial charge in [-0.3, -0.25) is 0 Å². The number of benzene rings is 1. The second-order valence-corrected chi connectivity index (χ2v) is 3.41. The molecule has 0 aliphatic carbocycles. The van der Waals surface area contributed by atoms with Crippen molar-refractivity contribution in [1.29, 1.82) is 0 Å². The Balaban J connectivity index is 2.74. The topological polar surface area (TPSA) is 26.3 Å². The van der Waals surface area contributed by atoms with Crippen LogP contribution in [0.15, 0.2) is 24.3 Å². The highest BCUT2D eigenvalue weighted by molar-refractivity contribution is 9.12. The average Bonchev–Trinajstić information content (AvgIpc) is 2.39.